The van der Waals surface area contributed by atoms with Gasteiger partial charge in [0.1, 0.15) is 0 Å². The molecule has 2 atom stereocenters. The summed E-state index contributed by atoms with van der Waals surface area (Å²) >= 11 is 0. The summed E-state index contributed by atoms with van der Waals surface area (Å²) < 4.78 is 11.1. The van der Waals surface area contributed by atoms with Gasteiger partial charge < -0.3 is 14.8 Å². The Kier molecular flexibility index (Phi) is 7.03. The summed E-state index contributed by atoms with van der Waals surface area (Å²) in [4.78, 5) is 15.6. The Morgan fingerprint density at radius 3 is 2.43 bits per heavy atom. The van der Waals surface area contributed by atoms with Crippen LogP contribution in [0.25, 0.3) is 0 Å². The van der Waals surface area contributed by atoms with E-state index in [4.69, 9.17) is 9.47 Å². The number of benzene rings is 2. The Morgan fingerprint density at radius 2 is 1.83 bits per heavy atom. The number of methoxy groups -OCH3 is 2. The summed E-state index contributed by atoms with van der Waals surface area (Å²) in [6.45, 7) is 10.4. The SMILES string of the molecule is CCN1CCc2cc(OC)c(OC)cc2[C@@H]1[C@@H](NC(=O)c1ccccc1C)C(C)C. The van der Waals surface area contributed by atoms with Gasteiger partial charge in [-0.2, -0.15) is 0 Å². The Bertz CT molecular complexity index is 894. The van der Waals surface area contributed by atoms with Gasteiger partial charge in [-0.05, 0) is 60.7 Å². The first-order valence-electron chi connectivity index (χ1n) is 10.8. The minimum atomic E-state index is -0.0331. The highest BCUT2D eigenvalue weighted by atomic mass is 16.5. The Labute approximate surface area is 180 Å². The molecule has 1 aliphatic rings. The van der Waals surface area contributed by atoms with Gasteiger partial charge in [0.05, 0.1) is 26.3 Å². The highest BCUT2D eigenvalue weighted by molar-refractivity contribution is 5.95. The number of rotatable bonds is 7. The maximum atomic E-state index is 13.2. The van der Waals surface area contributed by atoms with Crippen LogP contribution in [0, 0.1) is 12.8 Å². The molecule has 0 radical (unpaired) electrons. The molecular weight excluding hydrogens is 376 g/mol. The van der Waals surface area contributed by atoms with Gasteiger partial charge in [0.25, 0.3) is 5.91 Å². The summed E-state index contributed by atoms with van der Waals surface area (Å²) in [6, 6.07) is 12.0. The first kappa shape index (κ1) is 22.2. The molecule has 0 unspecified atom stereocenters. The molecule has 1 heterocycles. The third kappa shape index (κ3) is 4.31. The molecule has 0 saturated heterocycles. The van der Waals surface area contributed by atoms with Crippen LogP contribution in [0.2, 0.25) is 0 Å². The standard InChI is InChI=1S/C25H34N2O3/c1-7-27-13-12-18-14-21(29-5)22(30-6)15-20(18)24(27)23(16(2)3)26-25(28)19-11-9-8-10-17(19)4/h8-11,14-16,23-24H,7,12-13H2,1-6H3,(H,26,28)/t23-,24+/m0/s1. The van der Waals surface area contributed by atoms with E-state index in [-0.39, 0.29) is 23.9 Å². The molecular formula is C25H34N2O3. The first-order valence-corrected chi connectivity index (χ1v) is 10.8. The van der Waals surface area contributed by atoms with Crippen molar-refractivity contribution in [2.75, 3.05) is 27.3 Å². The van der Waals surface area contributed by atoms with Gasteiger partial charge in [0.2, 0.25) is 0 Å². The molecule has 0 saturated carbocycles. The van der Waals surface area contributed by atoms with Gasteiger partial charge in [0, 0.05) is 12.1 Å². The van der Waals surface area contributed by atoms with Crippen molar-refractivity contribution in [3.8, 4) is 11.5 Å². The number of hydrogen-bond acceptors (Lipinski definition) is 4. The number of fused-ring (bicyclic) bond motifs is 1. The molecule has 162 valence electrons. The molecule has 5 heteroatoms. The van der Waals surface area contributed by atoms with E-state index in [1.807, 2.05) is 31.2 Å². The van der Waals surface area contributed by atoms with Crippen molar-refractivity contribution in [2.24, 2.45) is 5.92 Å². The van der Waals surface area contributed by atoms with Crippen LogP contribution in [-0.4, -0.2) is 44.2 Å². The summed E-state index contributed by atoms with van der Waals surface area (Å²) in [6.07, 6.45) is 0.955. The quantitative estimate of drug-likeness (QED) is 0.736. The Balaban J connectivity index is 2.02. The smallest absolute Gasteiger partial charge is 0.251 e. The average molecular weight is 411 g/mol. The Hall–Kier alpha value is -2.53. The van der Waals surface area contributed by atoms with Gasteiger partial charge in [-0.3, -0.25) is 9.69 Å². The second-order valence-corrected chi connectivity index (χ2v) is 8.29. The van der Waals surface area contributed by atoms with Crippen LogP contribution in [0.15, 0.2) is 36.4 Å². The van der Waals surface area contributed by atoms with Gasteiger partial charge in [-0.15, -0.1) is 0 Å². The molecule has 0 aliphatic carbocycles. The van der Waals surface area contributed by atoms with Crippen LogP contribution < -0.4 is 14.8 Å². The lowest BCUT2D eigenvalue weighted by molar-refractivity contribution is 0.0833. The zero-order chi connectivity index (χ0) is 21.8. The van der Waals surface area contributed by atoms with Crippen molar-refractivity contribution in [3.63, 3.8) is 0 Å². The highest BCUT2D eigenvalue weighted by Crippen LogP contribution is 2.40. The van der Waals surface area contributed by atoms with Crippen LogP contribution in [0.3, 0.4) is 0 Å². The van der Waals surface area contributed by atoms with Crippen LogP contribution in [0.5, 0.6) is 11.5 Å². The zero-order valence-electron chi connectivity index (χ0n) is 19.0. The molecule has 2 aromatic rings. The number of likely N-dealkylation sites (N-methyl/N-ethyl adjacent to an activating group) is 1. The lowest BCUT2D eigenvalue weighted by atomic mass is 9.83. The average Bonchev–Trinajstić information content (AvgIpc) is 2.75. The fourth-order valence-corrected chi connectivity index (χ4v) is 4.47. The number of nitrogens with one attached hydrogen (secondary N) is 1. The Morgan fingerprint density at radius 1 is 1.17 bits per heavy atom. The second kappa shape index (κ2) is 9.52. The number of carbonyl (C=O) groups excluding carboxylic acids is 1. The van der Waals surface area contributed by atoms with E-state index in [0.717, 1.165) is 42.1 Å². The van der Waals surface area contributed by atoms with E-state index in [2.05, 4.69) is 43.1 Å². The maximum Gasteiger partial charge on any atom is 0.251 e. The van der Waals surface area contributed by atoms with Crippen LogP contribution in [0.1, 0.15) is 53.9 Å². The van der Waals surface area contributed by atoms with E-state index in [9.17, 15) is 4.79 Å². The van der Waals surface area contributed by atoms with Crippen LogP contribution in [0.4, 0.5) is 0 Å². The monoisotopic (exact) mass is 410 g/mol. The predicted octanol–water partition coefficient (Wildman–Crippen LogP) is 4.39. The third-order valence-electron chi connectivity index (χ3n) is 6.18. The first-order chi connectivity index (χ1) is 14.4. The van der Waals surface area contributed by atoms with Gasteiger partial charge >= 0.3 is 0 Å². The number of amides is 1. The highest BCUT2D eigenvalue weighted by Gasteiger charge is 2.36. The fraction of sp³-hybridized carbons (Fsp3) is 0.480. The lowest BCUT2D eigenvalue weighted by Crippen LogP contribution is -2.51. The number of nitrogens with zero attached hydrogens (tertiary/aromatic N) is 1. The molecule has 0 spiro atoms. The fourth-order valence-electron chi connectivity index (χ4n) is 4.47. The lowest BCUT2D eigenvalue weighted by Gasteiger charge is -2.43. The normalized spacial score (nSPS) is 17.4. The van der Waals surface area contributed by atoms with Gasteiger partial charge in [0.15, 0.2) is 11.5 Å². The molecule has 1 amide bonds. The van der Waals surface area contributed by atoms with E-state index in [1.165, 1.54) is 11.1 Å². The number of ether oxygens (including phenoxy) is 2. The van der Waals surface area contributed by atoms with Crippen molar-refractivity contribution in [1.29, 1.82) is 0 Å². The summed E-state index contributed by atoms with van der Waals surface area (Å²) in [5.74, 6) is 1.73. The maximum absolute atomic E-state index is 13.2. The molecule has 1 aliphatic heterocycles. The van der Waals surface area contributed by atoms with Crippen molar-refractivity contribution >= 4 is 5.91 Å². The van der Waals surface area contributed by atoms with E-state index in [1.54, 1.807) is 14.2 Å². The minimum absolute atomic E-state index is 0.0181. The van der Waals surface area contributed by atoms with Crippen molar-refractivity contribution in [1.82, 2.24) is 10.2 Å². The number of hydrogen-bond donors (Lipinski definition) is 1. The molecule has 30 heavy (non-hydrogen) atoms. The summed E-state index contributed by atoms with van der Waals surface area (Å²) in [5, 5.41) is 3.36. The zero-order valence-corrected chi connectivity index (χ0v) is 19.0. The topological polar surface area (TPSA) is 50.8 Å². The van der Waals surface area contributed by atoms with Crippen LogP contribution in [-0.2, 0) is 6.42 Å². The number of aryl methyl sites for hydroxylation is 1. The van der Waals surface area contributed by atoms with Gasteiger partial charge in [-0.25, -0.2) is 0 Å². The van der Waals surface area contributed by atoms with E-state index >= 15 is 0 Å². The number of carbonyl (C=O) groups is 1. The molecule has 5 nitrogen and oxygen atoms in total. The molecule has 1 N–H and O–H groups in total. The summed E-state index contributed by atoms with van der Waals surface area (Å²) in [7, 11) is 3.34. The largest absolute Gasteiger partial charge is 0.493 e. The predicted molar refractivity (Wildman–Crippen MR) is 121 cm³/mol. The van der Waals surface area contributed by atoms with Crippen molar-refractivity contribution in [2.45, 2.75) is 46.2 Å². The van der Waals surface area contributed by atoms with Crippen LogP contribution >= 0.6 is 0 Å². The molecule has 3 rings (SSSR count). The van der Waals surface area contributed by atoms with E-state index in [0.29, 0.717) is 0 Å². The van der Waals surface area contributed by atoms with Crippen molar-refractivity contribution in [3.05, 3.63) is 58.7 Å². The minimum Gasteiger partial charge on any atom is -0.493 e. The van der Waals surface area contributed by atoms with Gasteiger partial charge in [-0.1, -0.05) is 39.0 Å². The molecule has 0 bridgehead atoms. The molecule has 2 aromatic carbocycles. The third-order valence-corrected chi connectivity index (χ3v) is 6.18. The van der Waals surface area contributed by atoms with Crippen molar-refractivity contribution < 1.29 is 14.3 Å². The molecule has 0 fully saturated rings. The van der Waals surface area contributed by atoms with E-state index < -0.39 is 0 Å². The molecule has 0 aromatic heterocycles. The second-order valence-electron chi connectivity index (χ2n) is 8.29. The summed E-state index contributed by atoms with van der Waals surface area (Å²) in [5.41, 5.74) is 4.19.